The first-order valence-corrected chi connectivity index (χ1v) is 10.4. The second-order valence-electron chi connectivity index (χ2n) is 8.45. The maximum Gasteiger partial charge on any atom is 0.257 e. The van der Waals surface area contributed by atoms with Crippen molar-refractivity contribution in [2.24, 2.45) is 5.41 Å². The van der Waals surface area contributed by atoms with Gasteiger partial charge >= 0.3 is 0 Å². The largest absolute Gasteiger partial charge is 0.339 e. The molecule has 1 aromatic heterocycles. The molecular weight excluding hydrogens is 348 g/mol. The minimum Gasteiger partial charge on any atom is -0.339 e. The first-order chi connectivity index (χ1) is 13.6. The standard InChI is InChI=1S/C23H30N4O/c1-3-26-15-20(19-7-5-4-6-8-19)13-23(16-26)9-11-27(12-10-23)22(28)21-14-24-17-25-18(21)2/h4-8,14,17,20H,3,9-13,15-16H2,1-2H3. The first kappa shape index (κ1) is 19.1. The summed E-state index contributed by atoms with van der Waals surface area (Å²) in [4.78, 5) is 25.8. The molecule has 3 heterocycles. The van der Waals surface area contributed by atoms with Crippen LogP contribution in [0.3, 0.4) is 0 Å². The summed E-state index contributed by atoms with van der Waals surface area (Å²) in [5.41, 5.74) is 3.17. The number of rotatable bonds is 3. The summed E-state index contributed by atoms with van der Waals surface area (Å²) in [6.07, 6.45) is 6.53. The van der Waals surface area contributed by atoms with Crippen molar-refractivity contribution < 1.29 is 4.79 Å². The number of hydrogen-bond acceptors (Lipinski definition) is 4. The minimum absolute atomic E-state index is 0.0794. The van der Waals surface area contributed by atoms with Gasteiger partial charge in [0.2, 0.25) is 0 Å². The van der Waals surface area contributed by atoms with Crippen LogP contribution in [-0.2, 0) is 0 Å². The normalized spacial score (nSPS) is 22.4. The molecule has 0 radical (unpaired) electrons. The van der Waals surface area contributed by atoms with Crippen molar-refractivity contribution in [3.8, 4) is 0 Å². The van der Waals surface area contributed by atoms with Crippen LogP contribution in [0.4, 0.5) is 0 Å². The van der Waals surface area contributed by atoms with Gasteiger partial charge in [-0.1, -0.05) is 37.3 Å². The Morgan fingerprint density at radius 1 is 1.21 bits per heavy atom. The van der Waals surface area contributed by atoms with Gasteiger partial charge in [-0.25, -0.2) is 9.97 Å². The minimum atomic E-state index is 0.0794. The van der Waals surface area contributed by atoms with Crippen LogP contribution in [-0.4, -0.2) is 58.4 Å². The first-order valence-electron chi connectivity index (χ1n) is 10.4. The van der Waals surface area contributed by atoms with Gasteiger partial charge in [0.1, 0.15) is 6.33 Å². The number of likely N-dealkylation sites (tertiary alicyclic amines) is 2. The van der Waals surface area contributed by atoms with Gasteiger partial charge in [0, 0.05) is 32.4 Å². The Morgan fingerprint density at radius 2 is 1.96 bits per heavy atom. The highest BCUT2D eigenvalue weighted by molar-refractivity contribution is 5.94. The van der Waals surface area contributed by atoms with E-state index in [0.29, 0.717) is 16.9 Å². The van der Waals surface area contributed by atoms with Gasteiger partial charge in [0.15, 0.2) is 0 Å². The van der Waals surface area contributed by atoms with E-state index in [4.69, 9.17) is 0 Å². The van der Waals surface area contributed by atoms with Crippen LogP contribution in [0.2, 0.25) is 0 Å². The molecule has 2 aromatic rings. The zero-order valence-corrected chi connectivity index (χ0v) is 17.0. The number of carbonyl (C=O) groups excluding carboxylic acids is 1. The topological polar surface area (TPSA) is 49.3 Å². The van der Waals surface area contributed by atoms with E-state index in [1.54, 1.807) is 6.20 Å². The SMILES string of the molecule is CCN1CC(c2ccccc2)CC2(CCN(C(=O)c3cncnc3C)CC2)C1. The molecule has 5 heteroatoms. The predicted octanol–water partition coefficient (Wildman–Crippen LogP) is 3.52. The van der Waals surface area contributed by atoms with E-state index in [1.165, 1.54) is 18.3 Å². The molecule has 28 heavy (non-hydrogen) atoms. The second-order valence-corrected chi connectivity index (χ2v) is 8.45. The third kappa shape index (κ3) is 3.81. The van der Waals surface area contributed by atoms with E-state index in [2.05, 4.69) is 52.1 Å². The van der Waals surface area contributed by atoms with E-state index in [0.717, 1.165) is 51.3 Å². The number of carbonyl (C=O) groups is 1. The fourth-order valence-electron chi connectivity index (χ4n) is 5.01. The smallest absolute Gasteiger partial charge is 0.257 e. The van der Waals surface area contributed by atoms with Gasteiger partial charge in [-0.05, 0) is 49.6 Å². The summed E-state index contributed by atoms with van der Waals surface area (Å²) in [7, 11) is 0. The average molecular weight is 379 g/mol. The number of amides is 1. The molecule has 0 bridgehead atoms. The van der Waals surface area contributed by atoms with Crippen molar-refractivity contribution in [2.45, 2.75) is 39.0 Å². The summed E-state index contributed by atoms with van der Waals surface area (Å²) in [5.74, 6) is 0.664. The zero-order valence-electron chi connectivity index (χ0n) is 17.0. The number of likely N-dealkylation sites (N-methyl/N-ethyl adjacent to an activating group) is 1. The average Bonchev–Trinajstić information content (AvgIpc) is 2.74. The van der Waals surface area contributed by atoms with Crippen molar-refractivity contribution in [3.05, 3.63) is 59.7 Å². The Kier molecular flexibility index (Phi) is 5.44. The summed E-state index contributed by atoms with van der Waals surface area (Å²) >= 11 is 0. The van der Waals surface area contributed by atoms with Crippen LogP contribution in [0.1, 0.15) is 53.7 Å². The Hall–Kier alpha value is -2.27. The van der Waals surface area contributed by atoms with Gasteiger partial charge in [0.05, 0.1) is 11.3 Å². The monoisotopic (exact) mass is 378 g/mol. The Balaban J connectivity index is 1.47. The van der Waals surface area contributed by atoms with Crippen LogP contribution >= 0.6 is 0 Å². The van der Waals surface area contributed by atoms with Gasteiger partial charge in [-0.2, -0.15) is 0 Å². The fourth-order valence-corrected chi connectivity index (χ4v) is 5.01. The molecule has 0 N–H and O–H groups in total. The van der Waals surface area contributed by atoms with E-state index >= 15 is 0 Å². The van der Waals surface area contributed by atoms with Crippen molar-refractivity contribution in [3.63, 3.8) is 0 Å². The van der Waals surface area contributed by atoms with Crippen molar-refractivity contribution in [1.29, 1.82) is 0 Å². The zero-order chi connectivity index (χ0) is 19.6. The molecule has 1 atom stereocenters. The second kappa shape index (κ2) is 8.00. The highest BCUT2D eigenvalue weighted by atomic mass is 16.2. The molecule has 2 aliphatic heterocycles. The van der Waals surface area contributed by atoms with Crippen LogP contribution in [0.15, 0.2) is 42.9 Å². The van der Waals surface area contributed by atoms with Crippen molar-refractivity contribution in [1.82, 2.24) is 19.8 Å². The highest BCUT2D eigenvalue weighted by Gasteiger charge is 2.42. The number of nitrogens with zero attached hydrogens (tertiary/aromatic N) is 4. The molecule has 148 valence electrons. The molecule has 2 fully saturated rings. The molecule has 1 amide bonds. The Morgan fingerprint density at radius 3 is 2.64 bits per heavy atom. The molecular formula is C23H30N4O. The number of hydrogen-bond donors (Lipinski definition) is 0. The van der Waals surface area contributed by atoms with Crippen LogP contribution < -0.4 is 0 Å². The van der Waals surface area contributed by atoms with Crippen molar-refractivity contribution in [2.75, 3.05) is 32.7 Å². The number of aryl methyl sites for hydroxylation is 1. The summed E-state index contributed by atoms with van der Waals surface area (Å²) in [5, 5.41) is 0. The Labute approximate surface area is 167 Å². The predicted molar refractivity (Wildman–Crippen MR) is 110 cm³/mol. The van der Waals surface area contributed by atoms with Crippen molar-refractivity contribution >= 4 is 5.91 Å². The number of benzene rings is 1. The van der Waals surface area contributed by atoms with Crippen LogP contribution in [0.25, 0.3) is 0 Å². The van der Waals surface area contributed by atoms with Gasteiger partial charge < -0.3 is 9.80 Å². The lowest BCUT2D eigenvalue weighted by Gasteiger charge is -2.50. The molecule has 1 aromatic carbocycles. The highest BCUT2D eigenvalue weighted by Crippen LogP contribution is 2.45. The fraction of sp³-hybridized carbons (Fsp3) is 0.522. The third-order valence-electron chi connectivity index (χ3n) is 6.69. The van der Waals surface area contributed by atoms with Crippen LogP contribution in [0, 0.1) is 12.3 Å². The summed E-state index contributed by atoms with van der Waals surface area (Å²) in [6.45, 7) is 9.18. The van der Waals surface area contributed by atoms with Gasteiger partial charge in [0.25, 0.3) is 5.91 Å². The van der Waals surface area contributed by atoms with E-state index in [-0.39, 0.29) is 5.91 Å². The van der Waals surface area contributed by atoms with E-state index < -0.39 is 0 Å². The molecule has 0 aliphatic carbocycles. The molecule has 1 unspecified atom stereocenters. The van der Waals surface area contributed by atoms with Gasteiger partial charge in [-0.15, -0.1) is 0 Å². The summed E-state index contributed by atoms with van der Waals surface area (Å²) < 4.78 is 0. The van der Waals surface area contributed by atoms with Gasteiger partial charge in [-0.3, -0.25) is 4.79 Å². The van der Waals surface area contributed by atoms with Crippen LogP contribution in [0.5, 0.6) is 0 Å². The molecule has 1 spiro atoms. The maximum absolute atomic E-state index is 12.9. The maximum atomic E-state index is 12.9. The molecule has 5 nitrogen and oxygen atoms in total. The molecule has 2 aliphatic rings. The lowest BCUT2D eigenvalue weighted by Crippen LogP contribution is -2.52. The number of aromatic nitrogens is 2. The van der Waals surface area contributed by atoms with E-state index in [9.17, 15) is 4.79 Å². The quantitative estimate of drug-likeness (QED) is 0.820. The molecule has 2 saturated heterocycles. The lowest BCUT2D eigenvalue weighted by molar-refractivity contribution is 0.0158. The lowest BCUT2D eigenvalue weighted by atomic mass is 9.68. The Bertz CT molecular complexity index is 814. The molecule has 0 saturated carbocycles. The third-order valence-corrected chi connectivity index (χ3v) is 6.69. The van der Waals surface area contributed by atoms with E-state index in [1.807, 2.05) is 11.8 Å². The summed E-state index contributed by atoms with van der Waals surface area (Å²) in [6, 6.07) is 10.9. The molecule has 4 rings (SSSR count). The number of piperidine rings is 2.